The fourth-order valence-corrected chi connectivity index (χ4v) is 0.479. The molecule has 0 fully saturated rings. The third-order valence-electron chi connectivity index (χ3n) is 0.854. The fourth-order valence-electron chi connectivity index (χ4n) is 0.479. The first-order chi connectivity index (χ1) is 5.15. The van der Waals surface area contributed by atoms with Crippen LogP contribution in [0.15, 0.2) is 0 Å². The molecule has 0 aliphatic carbocycles. The molecule has 0 aromatic heterocycles. The minimum atomic E-state index is 0.167. The van der Waals surface area contributed by atoms with Crippen LogP contribution >= 0.6 is 0 Å². The van der Waals surface area contributed by atoms with Crippen LogP contribution in [0.2, 0.25) is 0 Å². The minimum absolute atomic E-state index is 0.167. The highest BCUT2D eigenvalue weighted by Crippen LogP contribution is 1.71. The van der Waals surface area contributed by atoms with Gasteiger partial charge in [-0.1, -0.05) is 13.8 Å². The van der Waals surface area contributed by atoms with E-state index in [9.17, 15) is 4.79 Å². The van der Waals surface area contributed by atoms with Crippen LogP contribution in [0.25, 0.3) is 0 Å². The van der Waals surface area contributed by atoms with Crippen LogP contribution in [-0.4, -0.2) is 18.9 Å². The summed E-state index contributed by atoms with van der Waals surface area (Å²) in [4.78, 5) is 9.44. The van der Waals surface area contributed by atoms with E-state index in [0.29, 0.717) is 0 Å². The fraction of sp³-hybridized carbons (Fsp3) is 0.889. The van der Waals surface area contributed by atoms with Crippen LogP contribution in [0, 0.1) is 0 Å². The lowest BCUT2D eigenvalue weighted by atomic mass is 10.4. The van der Waals surface area contributed by atoms with Gasteiger partial charge in [0.05, 0.1) is 0 Å². The zero-order valence-corrected chi connectivity index (χ0v) is 8.24. The highest BCUT2D eigenvalue weighted by atomic mass is 16.1. The van der Waals surface area contributed by atoms with Crippen LogP contribution in [0.1, 0.15) is 40.5 Å². The molecule has 2 nitrogen and oxygen atoms in total. The first-order valence-corrected chi connectivity index (χ1v) is 4.33. The van der Waals surface area contributed by atoms with Gasteiger partial charge in [0.15, 0.2) is 0 Å². The van der Waals surface area contributed by atoms with Crippen LogP contribution in [0.4, 0.5) is 0 Å². The highest BCUT2D eigenvalue weighted by molar-refractivity contribution is 5.72. The maximum atomic E-state index is 9.44. The second-order valence-electron chi connectivity index (χ2n) is 2.66. The van der Waals surface area contributed by atoms with Gasteiger partial charge in [-0.2, -0.15) is 0 Å². The summed E-state index contributed by atoms with van der Waals surface area (Å²) in [5.74, 6) is 0.167. The Balaban J connectivity index is 0. The molecule has 2 heteroatoms. The van der Waals surface area contributed by atoms with E-state index in [0.717, 1.165) is 0 Å². The first kappa shape index (κ1) is 13.2. The molecule has 0 heterocycles. The van der Waals surface area contributed by atoms with E-state index in [1.54, 1.807) is 0 Å². The smallest absolute Gasteiger partial charge is 0.126 e. The van der Waals surface area contributed by atoms with Crippen molar-refractivity contribution in [3.05, 3.63) is 0 Å². The molecule has 0 atom stereocenters. The molecule has 0 saturated heterocycles. The molecular weight excluding hydrogens is 138 g/mol. The largest absolute Gasteiger partial charge is 0.317 e. The zero-order valence-electron chi connectivity index (χ0n) is 8.24. The van der Waals surface area contributed by atoms with Gasteiger partial charge in [-0.05, 0) is 39.8 Å². The van der Waals surface area contributed by atoms with Crippen molar-refractivity contribution in [1.82, 2.24) is 5.32 Å². The van der Waals surface area contributed by atoms with Crippen molar-refractivity contribution in [1.29, 1.82) is 0 Å². The number of rotatable bonds is 4. The summed E-state index contributed by atoms with van der Waals surface area (Å²) < 4.78 is 0. The maximum Gasteiger partial charge on any atom is 0.126 e. The number of hydrogen-bond acceptors (Lipinski definition) is 2. The molecule has 0 amide bonds. The summed E-state index contributed by atoms with van der Waals surface area (Å²) in [5.41, 5.74) is 0. The maximum absolute atomic E-state index is 9.44. The monoisotopic (exact) mass is 159 g/mol. The van der Waals surface area contributed by atoms with Crippen LogP contribution in [0.3, 0.4) is 0 Å². The SMILES string of the molecule is CC(C)=O.CCCNCCC. The first-order valence-electron chi connectivity index (χ1n) is 4.33. The van der Waals surface area contributed by atoms with Gasteiger partial charge in [-0.15, -0.1) is 0 Å². The Morgan fingerprint density at radius 2 is 1.36 bits per heavy atom. The van der Waals surface area contributed by atoms with E-state index < -0.39 is 0 Å². The van der Waals surface area contributed by atoms with Gasteiger partial charge in [0.25, 0.3) is 0 Å². The molecule has 1 N–H and O–H groups in total. The Bertz CT molecular complexity index is 73.6. The van der Waals surface area contributed by atoms with Crippen molar-refractivity contribution >= 4 is 5.78 Å². The molecule has 0 aliphatic heterocycles. The number of carbonyl (C=O) groups excluding carboxylic acids is 1. The molecule has 0 saturated carbocycles. The van der Waals surface area contributed by atoms with E-state index in [1.807, 2.05) is 0 Å². The predicted molar refractivity (Wildman–Crippen MR) is 49.8 cm³/mol. The lowest BCUT2D eigenvalue weighted by molar-refractivity contribution is -0.114. The summed E-state index contributed by atoms with van der Waals surface area (Å²) in [5, 5.41) is 3.28. The molecule has 0 aliphatic rings. The van der Waals surface area contributed by atoms with Gasteiger partial charge in [0.1, 0.15) is 5.78 Å². The molecule has 0 aromatic rings. The van der Waals surface area contributed by atoms with Gasteiger partial charge >= 0.3 is 0 Å². The third-order valence-corrected chi connectivity index (χ3v) is 0.854. The average molecular weight is 159 g/mol. The Hall–Kier alpha value is -0.370. The topological polar surface area (TPSA) is 29.1 Å². The molecule has 0 unspecified atom stereocenters. The van der Waals surface area contributed by atoms with E-state index in [2.05, 4.69) is 19.2 Å². The number of nitrogens with one attached hydrogen (secondary N) is 1. The number of carbonyl (C=O) groups is 1. The molecule has 0 rings (SSSR count). The average Bonchev–Trinajstić information content (AvgIpc) is 1.88. The number of hydrogen-bond donors (Lipinski definition) is 1. The molecule has 68 valence electrons. The lowest BCUT2D eigenvalue weighted by Gasteiger charge is -1.95. The normalized spacial score (nSPS) is 8.36. The van der Waals surface area contributed by atoms with Crippen molar-refractivity contribution < 1.29 is 4.79 Å². The molecule has 11 heavy (non-hydrogen) atoms. The van der Waals surface area contributed by atoms with Gasteiger partial charge in [-0.25, -0.2) is 0 Å². The van der Waals surface area contributed by atoms with E-state index in [-0.39, 0.29) is 5.78 Å². The summed E-state index contributed by atoms with van der Waals surface area (Å²) in [6.07, 6.45) is 2.50. The standard InChI is InChI=1S/C6H15N.C3H6O/c1-3-5-7-6-4-2;1-3(2)4/h7H,3-6H2,1-2H3;1-2H3. The summed E-state index contributed by atoms with van der Waals surface area (Å²) in [6.45, 7) is 9.77. The second-order valence-corrected chi connectivity index (χ2v) is 2.66. The van der Waals surface area contributed by atoms with Gasteiger partial charge in [0.2, 0.25) is 0 Å². The van der Waals surface area contributed by atoms with Crippen LogP contribution in [0.5, 0.6) is 0 Å². The zero-order chi connectivity index (χ0) is 9.11. The third kappa shape index (κ3) is 42.5. The second kappa shape index (κ2) is 12.3. The number of Topliss-reactive ketones (excluding diaryl/α,β-unsaturated/α-hetero) is 1. The van der Waals surface area contributed by atoms with Crippen molar-refractivity contribution in [2.45, 2.75) is 40.5 Å². The van der Waals surface area contributed by atoms with Crippen molar-refractivity contribution in [2.24, 2.45) is 0 Å². The molecule has 0 aromatic carbocycles. The Morgan fingerprint density at radius 3 is 1.55 bits per heavy atom. The van der Waals surface area contributed by atoms with Gasteiger partial charge < -0.3 is 10.1 Å². The summed E-state index contributed by atoms with van der Waals surface area (Å²) in [7, 11) is 0. The van der Waals surface area contributed by atoms with Crippen molar-refractivity contribution in [3.8, 4) is 0 Å². The van der Waals surface area contributed by atoms with E-state index >= 15 is 0 Å². The molecular formula is C9H21NO. The Kier molecular flexibility index (Phi) is 14.8. The summed E-state index contributed by atoms with van der Waals surface area (Å²) >= 11 is 0. The lowest BCUT2D eigenvalue weighted by Crippen LogP contribution is -2.14. The van der Waals surface area contributed by atoms with Crippen LogP contribution < -0.4 is 5.32 Å². The quantitative estimate of drug-likeness (QED) is 0.636. The molecule has 0 spiro atoms. The minimum Gasteiger partial charge on any atom is -0.317 e. The summed E-state index contributed by atoms with van der Waals surface area (Å²) in [6, 6.07) is 0. The Morgan fingerprint density at radius 1 is 1.09 bits per heavy atom. The van der Waals surface area contributed by atoms with Crippen molar-refractivity contribution in [2.75, 3.05) is 13.1 Å². The Labute approximate surface area is 70.4 Å². The van der Waals surface area contributed by atoms with E-state index in [4.69, 9.17) is 0 Å². The molecule has 0 radical (unpaired) electrons. The van der Waals surface area contributed by atoms with Crippen molar-refractivity contribution in [3.63, 3.8) is 0 Å². The van der Waals surface area contributed by atoms with Gasteiger partial charge in [0, 0.05) is 0 Å². The predicted octanol–water partition coefficient (Wildman–Crippen LogP) is 1.99. The highest BCUT2D eigenvalue weighted by Gasteiger charge is 1.76. The number of ketones is 1. The van der Waals surface area contributed by atoms with E-state index in [1.165, 1.54) is 39.8 Å². The van der Waals surface area contributed by atoms with Crippen LogP contribution in [-0.2, 0) is 4.79 Å². The molecule has 0 bridgehead atoms. The van der Waals surface area contributed by atoms with Gasteiger partial charge in [-0.3, -0.25) is 0 Å².